The van der Waals surface area contributed by atoms with Crippen molar-refractivity contribution in [2.45, 2.75) is 45.1 Å². The minimum atomic E-state index is -0.178. The van der Waals surface area contributed by atoms with Crippen LogP contribution in [0, 0.1) is 6.92 Å². The van der Waals surface area contributed by atoms with Crippen molar-refractivity contribution in [1.82, 2.24) is 5.32 Å². The second kappa shape index (κ2) is 9.60. The Labute approximate surface area is 170 Å². The molecule has 3 rings (SSSR count). The van der Waals surface area contributed by atoms with E-state index >= 15 is 0 Å². The molecule has 2 aromatic rings. The lowest BCUT2D eigenvalue weighted by Crippen LogP contribution is -2.36. The van der Waals surface area contributed by atoms with E-state index in [9.17, 15) is 9.59 Å². The number of anilines is 2. The standard InChI is InChI=1S/C22H26ClN3O2/c1-15-10-11-17(23)13-20(15)26-21(27)14-24-19-9-5-6-16(12-19)22(28)25-18-7-3-2-4-8-18/h5-6,9-13,18,24H,2-4,7-8,14H2,1H3,(H,25,28)(H,26,27). The van der Waals surface area contributed by atoms with Gasteiger partial charge in [0.05, 0.1) is 6.54 Å². The molecule has 0 saturated heterocycles. The predicted molar refractivity (Wildman–Crippen MR) is 114 cm³/mol. The van der Waals surface area contributed by atoms with Crippen molar-refractivity contribution in [3.63, 3.8) is 0 Å². The van der Waals surface area contributed by atoms with E-state index in [-0.39, 0.29) is 24.4 Å². The Balaban J connectivity index is 1.54. The van der Waals surface area contributed by atoms with Gasteiger partial charge in [-0.25, -0.2) is 0 Å². The summed E-state index contributed by atoms with van der Waals surface area (Å²) in [5, 5.41) is 9.61. The van der Waals surface area contributed by atoms with Crippen LogP contribution >= 0.6 is 11.6 Å². The van der Waals surface area contributed by atoms with Crippen molar-refractivity contribution in [1.29, 1.82) is 0 Å². The fourth-order valence-electron chi connectivity index (χ4n) is 3.39. The quantitative estimate of drug-likeness (QED) is 0.655. The van der Waals surface area contributed by atoms with E-state index in [0.29, 0.717) is 16.3 Å². The molecular weight excluding hydrogens is 374 g/mol. The number of aryl methyl sites for hydroxylation is 1. The van der Waals surface area contributed by atoms with E-state index in [1.165, 1.54) is 19.3 Å². The largest absolute Gasteiger partial charge is 0.376 e. The summed E-state index contributed by atoms with van der Waals surface area (Å²) in [5.74, 6) is -0.239. The van der Waals surface area contributed by atoms with Crippen molar-refractivity contribution in [3.8, 4) is 0 Å². The zero-order chi connectivity index (χ0) is 19.9. The number of hydrogen-bond acceptors (Lipinski definition) is 3. The maximum Gasteiger partial charge on any atom is 0.251 e. The van der Waals surface area contributed by atoms with Crippen LogP contribution < -0.4 is 16.0 Å². The fourth-order valence-corrected chi connectivity index (χ4v) is 3.56. The van der Waals surface area contributed by atoms with Gasteiger partial charge < -0.3 is 16.0 Å². The Hall–Kier alpha value is -2.53. The summed E-state index contributed by atoms with van der Waals surface area (Å²) in [6.07, 6.45) is 5.70. The third-order valence-corrected chi connectivity index (χ3v) is 5.23. The molecule has 2 aromatic carbocycles. The number of hydrogen-bond donors (Lipinski definition) is 3. The molecule has 28 heavy (non-hydrogen) atoms. The van der Waals surface area contributed by atoms with Crippen LogP contribution in [-0.4, -0.2) is 24.4 Å². The molecule has 6 heteroatoms. The van der Waals surface area contributed by atoms with Gasteiger partial charge in [-0.2, -0.15) is 0 Å². The highest BCUT2D eigenvalue weighted by Crippen LogP contribution is 2.20. The molecular formula is C22H26ClN3O2. The van der Waals surface area contributed by atoms with E-state index in [0.717, 1.165) is 24.1 Å². The predicted octanol–water partition coefficient (Wildman–Crippen LogP) is 4.76. The Morgan fingerprint density at radius 3 is 2.64 bits per heavy atom. The molecule has 1 saturated carbocycles. The minimum absolute atomic E-state index is 0.0606. The SMILES string of the molecule is Cc1ccc(Cl)cc1NC(=O)CNc1cccc(C(=O)NC2CCCCC2)c1. The maximum atomic E-state index is 12.5. The third kappa shape index (κ3) is 5.73. The summed E-state index contributed by atoms with van der Waals surface area (Å²) >= 11 is 5.99. The second-order valence-electron chi connectivity index (χ2n) is 7.25. The zero-order valence-corrected chi connectivity index (χ0v) is 16.8. The van der Waals surface area contributed by atoms with Crippen LogP contribution in [0.25, 0.3) is 0 Å². The van der Waals surface area contributed by atoms with E-state index < -0.39 is 0 Å². The van der Waals surface area contributed by atoms with E-state index in [1.54, 1.807) is 24.3 Å². The Morgan fingerprint density at radius 2 is 1.86 bits per heavy atom. The number of carbonyl (C=O) groups is 2. The number of halogens is 1. The molecule has 0 bridgehead atoms. The van der Waals surface area contributed by atoms with Gasteiger partial charge in [0, 0.05) is 28.0 Å². The van der Waals surface area contributed by atoms with Crippen LogP contribution in [0.15, 0.2) is 42.5 Å². The Bertz CT molecular complexity index is 847. The lowest BCUT2D eigenvalue weighted by Gasteiger charge is -2.22. The first-order valence-corrected chi connectivity index (χ1v) is 10.1. The van der Waals surface area contributed by atoms with Crippen molar-refractivity contribution >= 4 is 34.8 Å². The molecule has 0 unspecified atom stereocenters. The van der Waals surface area contributed by atoms with Crippen molar-refractivity contribution in [2.75, 3.05) is 17.2 Å². The van der Waals surface area contributed by atoms with Crippen molar-refractivity contribution in [3.05, 3.63) is 58.6 Å². The molecule has 148 valence electrons. The third-order valence-electron chi connectivity index (χ3n) is 4.99. The summed E-state index contributed by atoms with van der Waals surface area (Å²) in [6, 6.07) is 12.9. The minimum Gasteiger partial charge on any atom is -0.376 e. The summed E-state index contributed by atoms with van der Waals surface area (Å²) in [5.41, 5.74) is 2.97. The van der Waals surface area contributed by atoms with Crippen LogP contribution in [0.4, 0.5) is 11.4 Å². The summed E-state index contributed by atoms with van der Waals surface area (Å²) in [7, 11) is 0. The first kappa shape index (κ1) is 20.2. The highest BCUT2D eigenvalue weighted by atomic mass is 35.5. The van der Waals surface area contributed by atoms with Crippen molar-refractivity contribution in [2.24, 2.45) is 0 Å². The van der Waals surface area contributed by atoms with Gasteiger partial charge in [-0.1, -0.05) is 43.0 Å². The van der Waals surface area contributed by atoms with Crippen molar-refractivity contribution < 1.29 is 9.59 Å². The normalized spacial score (nSPS) is 14.4. The van der Waals surface area contributed by atoms with Gasteiger partial charge in [0.2, 0.25) is 5.91 Å². The molecule has 1 aliphatic carbocycles. The summed E-state index contributed by atoms with van der Waals surface area (Å²) in [6.45, 7) is 2.01. The molecule has 3 N–H and O–H groups in total. The van der Waals surface area contributed by atoms with E-state index in [4.69, 9.17) is 11.6 Å². The molecule has 0 heterocycles. The molecule has 0 radical (unpaired) electrons. The van der Waals surface area contributed by atoms with Crippen LogP contribution in [0.3, 0.4) is 0 Å². The fraction of sp³-hybridized carbons (Fsp3) is 0.364. The molecule has 1 aliphatic rings. The summed E-state index contributed by atoms with van der Waals surface area (Å²) < 4.78 is 0. The lowest BCUT2D eigenvalue weighted by molar-refractivity contribution is -0.114. The monoisotopic (exact) mass is 399 g/mol. The number of amides is 2. The number of rotatable bonds is 6. The average molecular weight is 400 g/mol. The summed E-state index contributed by atoms with van der Waals surface area (Å²) in [4.78, 5) is 24.7. The van der Waals surface area contributed by atoms with Crippen LogP contribution in [-0.2, 0) is 4.79 Å². The molecule has 0 atom stereocenters. The number of carbonyl (C=O) groups excluding carboxylic acids is 2. The molecule has 0 spiro atoms. The molecule has 5 nitrogen and oxygen atoms in total. The van der Waals surface area contributed by atoms with Gasteiger partial charge in [-0.3, -0.25) is 9.59 Å². The number of nitrogens with one attached hydrogen (secondary N) is 3. The van der Waals surface area contributed by atoms with Gasteiger partial charge in [0.15, 0.2) is 0 Å². The van der Waals surface area contributed by atoms with Gasteiger partial charge in [-0.15, -0.1) is 0 Å². The molecule has 2 amide bonds. The topological polar surface area (TPSA) is 70.2 Å². The smallest absolute Gasteiger partial charge is 0.251 e. The van der Waals surface area contributed by atoms with Gasteiger partial charge in [-0.05, 0) is 55.7 Å². The highest BCUT2D eigenvalue weighted by Gasteiger charge is 2.16. The molecule has 0 aliphatic heterocycles. The van der Waals surface area contributed by atoms with Gasteiger partial charge in [0.25, 0.3) is 5.91 Å². The Kier molecular flexibility index (Phi) is 6.93. The zero-order valence-electron chi connectivity index (χ0n) is 16.1. The number of benzene rings is 2. The maximum absolute atomic E-state index is 12.5. The van der Waals surface area contributed by atoms with Gasteiger partial charge in [0.1, 0.15) is 0 Å². The average Bonchev–Trinajstić information content (AvgIpc) is 2.70. The van der Waals surface area contributed by atoms with E-state index in [2.05, 4.69) is 16.0 Å². The molecule has 0 aromatic heterocycles. The first-order chi connectivity index (χ1) is 13.5. The first-order valence-electron chi connectivity index (χ1n) is 9.72. The van der Waals surface area contributed by atoms with E-state index in [1.807, 2.05) is 25.1 Å². The second-order valence-corrected chi connectivity index (χ2v) is 7.69. The van der Waals surface area contributed by atoms with Crippen LogP contribution in [0.2, 0.25) is 5.02 Å². The van der Waals surface area contributed by atoms with Crippen LogP contribution in [0.1, 0.15) is 48.0 Å². The molecule has 1 fully saturated rings. The van der Waals surface area contributed by atoms with Crippen LogP contribution in [0.5, 0.6) is 0 Å². The van der Waals surface area contributed by atoms with Gasteiger partial charge >= 0.3 is 0 Å². The lowest BCUT2D eigenvalue weighted by atomic mass is 9.95. The highest BCUT2D eigenvalue weighted by molar-refractivity contribution is 6.31. The Morgan fingerprint density at radius 1 is 1.07 bits per heavy atom.